The number of hydrogen-bond acceptors (Lipinski definition) is 4. The molecule has 0 aliphatic heterocycles. The summed E-state index contributed by atoms with van der Waals surface area (Å²) in [6.45, 7) is 0. The molecule has 2 rings (SSSR count). The van der Waals surface area contributed by atoms with Crippen LogP contribution in [0.4, 0.5) is 20.2 Å². The van der Waals surface area contributed by atoms with Crippen LogP contribution < -0.4 is 5.32 Å². The first kappa shape index (κ1) is 21.9. The quantitative estimate of drug-likeness (QED) is 0.268. The molecule has 0 radical (unpaired) electrons. The Bertz CT molecular complexity index is 971. The molecule has 0 aliphatic rings. The fraction of sp³-hybridized carbons (Fsp3) is 0.111. The molecule has 0 bridgehead atoms. The standard InChI is InChI=1S/C18H13Cl3F2N2O3/c1-25(2)7-10(18(27)28)17(26)9-5-15(12(20)6-11(9)19)24-16-13(21)3-8(22)4-14(16)23/h3-7,24H,1-2H3,(H,27,28). The highest BCUT2D eigenvalue weighted by atomic mass is 35.5. The van der Waals surface area contributed by atoms with Crippen LogP contribution in [0.2, 0.25) is 15.1 Å². The normalized spacial score (nSPS) is 11.3. The molecular formula is C18H13Cl3F2N2O3. The molecule has 2 aromatic carbocycles. The fourth-order valence-corrected chi connectivity index (χ4v) is 2.99. The van der Waals surface area contributed by atoms with Gasteiger partial charge in [-0.3, -0.25) is 4.79 Å². The lowest BCUT2D eigenvalue weighted by molar-refractivity contribution is -0.132. The van der Waals surface area contributed by atoms with Crippen molar-refractivity contribution in [2.75, 3.05) is 19.4 Å². The van der Waals surface area contributed by atoms with E-state index in [1.54, 1.807) is 14.1 Å². The van der Waals surface area contributed by atoms with E-state index in [1.165, 1.54) is 17.0 Å². The first-order valence-electron chi connectivity index (χ1n) is 7.58. The Morgan fingerprint density at radius 1 is 1.04 bits per heavy atom. The average Bonchev–Trinajstić information content (AvgIpc) is 2.56. The zero-order chi connectivity index (χ0) is 21.2. The number of benzene rings is 2. The minimum Gasteiger partial charge on any atom is -0.477 e. The summed E-state index contributed by atoms with van der Waals surface area (Å²) in [5.41, 5.74) is -0.960. The van der Waals surface area contributed by atoms with Gasteiger partial charge in [0.2, 0.25) is 5.78 Å². The van der Waals surface area contributed by atoms with Crippen LogP contribution in [0.3, 0.4) is 0 Å². The topological polar surface area (TPSA) is 69.6 Å². The number of carboxylic acids is 1. The molecule has 0 saturated heterocycles. The van der Waals surface area contributed by atoms with Gasteiger partial charge in [-0.15, -0.1) is 0 Å². The van der Waals surface area contributed by atoms with Gasteiger partial charge in [0, 0.05) is 31.9 Å². The second kappa shape index (κ2) is 8.77. The van der Waals surface area contributed by atoms with Gasteiger partial charge in [0.05, 0.1) is 26.4 Å². The van der Waals surface area contributed by atoms with E-state index in [1.807, 2.05) is 0 Å². The second-order valence-electron chi connectivity index (χ2n) is 5.82. The van der Waals surface area contributed by atoms with E-state index in [2.05, 4.69) is 5.32 Å². The molecule has 0 spiro atoms. The van der Waals surface area contributed by atoms with E-state index in [4.69, 9.17) is 34.8 Å². The third kappa shape index (κ3) is 4.92. The summed E-state index contributed by atoms with van der Waals surface area (Å²) in [5, 5.41) is 11.5. The Labute approximate surface area is 174 Å². The average molecular weight is 450 g/mol. The first-order chi connectivity index (χ1) is 13.0. The summed E-state index contributed by atoms with van der Waals surface area (Å²) >= 11 is 18.0. The summed E-state index contributed by atoms with van der Waals surface area (Å²) in [6, 6.07) is 3.87. The van der Waals surface area contributed by atoms with E-state index >= 15 is 0 Å². The molecule has 148 valence electrons. The van der Waals surface area contributed by atoms with Crippen molar-refractivity contribution in [1.29, 1.82) is 0 Å². The highest BCUT2D eigenvalue weighted by Crippen LogP contribution is 2.36. The monoisotopic (exact) mass is 448 g/mol. The Morgan fingerprint density at radius 3 is 2.21 bits per heavy atom. The van der Waals surface area contributed by atoms with Gasteiger partial charge in [-0.2, -0.15) is 0 Å². The van der Waals surface area contributed by atoms with Gasteiger partial charge in [0.15, 0.2) is 5.82 Å². The number of hydrogen-bond donors (Lipinski definition) is 2. The van der Waals surface area contributed by atoms with E-state index in [0.29, 0.717) is 6.07 Å². The predicted octanol–water partition coefficient (Wildman–Crippen LogP) is 5.38. The smallest absolute Gasteiger partial charge is 0.341 e. The SMILES string of the molecule is CN(C)C=C(C(=O)O)C(=O)c1cc(Nc2c(F)cc(F)cc2Cl)c(Cl)cc1Cl. The summed E-state index contributed by atoms with van der Waals surface area (Å²) in [5.74, 6) is -4.18. The summed E-state index contributed by atoms with van der Waals surface area (Å²) < 4.78 is 27.2. The van der Waals surface area contributed by atoms with Crippen LogP contribution in [-0.2, 0) is 4.79 Å². The Kier molecular flexibility index (Phi) is 6.87. The number of carbonyl (C=O) groups is 2. The number of rotatable bonds is 6. The molecule has 0 fully saturated rings. The lowest BCUT2D eigenvalue weighted by Crippen LogP contribution is -2.17. The van der Waals surface area contributed by atoms with Crippen molar-refractivity contribution in [1.82, 2.24) is 4.90 Å². The molecule has 0 saturated carbocycles. The van der Waals surface area contributed by atoms with Gasteiger partial charge in [-0.05, 0) is 18.2 Å². The number of aliphatic carboxylic acids is 1. The molecule has 0 heterocycles. The number of nitrogens with one attached hydrogen (secondary N) is 1. The predicted molar refractivity (Wildman–Crippen MR) is 105 cm³/mol. The first-order valence-corrected chi connectivity index (χ1v) is 8.71. The number of anilines is 2. The molecule has 0 aromatic heterocycles. The van der Waals surface area contributed by atoms with Crippen LogP contribution in [0.25, 0.3) is 0 Å². The molecule has 2 aromatic rings. The van der Waals surface area contributed by atoms with Gasteiger partial charge in [-0.25, -0.2) is 13.6 Å². The van der Waals surface area contributed by atoms with Gasteiger partial charge >= 0.3 is 5.97 Å². The third-order valence-corrected chi connectivity index (χ3v) is 4.35. The van der Waals surface area contributed by atoms with Crippen LogP contribution in [0.1, 0.15) is 10.4 Å². The molecular weight excluding hydrogens is 437 g/mol. The zero-order valence-corrected chi connectivity index (χ0v) is 16.8. The highest BCUT2D eigenvalue weighted by molar-refractivity contribution is 6.40. The minimum atomic E-state index is -1.45. The van der Waals surface area contributed by atoms with Crippen molar-refractivity contribution in [3.63, 3.8) is 0 Å². The van der Waals surface area contributed by atoms with E-state index in [9.17, 15) is 23.5 Å². The number of ketones is 1. The molecule has 0 aliphatic carbocycles. The van der Waals surface area contributed by atoms with Crippen LogP contribution >= 0.6 is 34.8 Å². The number of carbonyl (C=O) groups excluding carboxylic acids is 1. The summed E-state index contributed by atoms with van der Waals surface area (Å²) in [4.78, 5) is 25.5. The molecule has 0 unspecified atom stereocenters. The van der Waals surface area contributed by atoms with Gasteiger partial charge in [0.1, 0.15) is 11.4 Å². The fourth-order valence-electron chi connectivity index (χ4n) is 2.23. The van der Waals surface area contributed by atoms with Gasteiger partial charge in [0.25, 0.3) is 0 Å². The third-order valence-electron chi connectivity index (χ3n) is 3.43. The summed E-state index contributed by atoms with van der Waals surface area (Å²) in [6.07, 6.45) is 1.12. The van der Waals surface area contributed by atoms with Crippen LogP contribution in [0.15, 0.2) is 36.0 Å². The summed E-state index contributed by atoms with van der Waals surface area (Å²) in [7, 11) is 3.10. The van der Waals surface area contributed by atoms with Crippen molar-refractivity contribution in [3.05, 3.63) is 68.3 Å². The Morgan fingerprint density at radius 2 is 1.68 bits per heavy atom. The van der Waals surface area contributed by atoms with Crippen molar-refractivity contribution in [3.8, 4) is 0 Å². The lowest BCUT2D eigenvalue weighted by Gasteiger charge is -2.14. The molecule has 0 atom stereocenters. The number of carboxylic acid groups (broad SMARTS) is 1. The largest absolute Gasteiger partial charge is 0.477 e. The lowest BCUT2D eigenvalue weighted by atomic mass is 10.0. The number of halogens is 5. The van der Waals surface area contributed by atoms with Gasteiger partial charge in [-0.1, -0.05) is 34.8 Å². The van der Waals surface area contributed by atoms with Gasteiger partial charge < -0.3 is 15.3 Å². The molecule has 2 N–H and O–H groups in total. The van der Waals surface area contributed by atoms with Crippen molar-refractivity contribution in [2.45, 2.75) is 0 Å². The maximum absolute atomic E-state index is 14.0. The highest BCUT2D eigenvalue weighted by Gasteiger charge is 2.24. The molecule has 10 heteroatoms. The number of Topliss-reactive ketones (excluding diaryl/α,β-unsaturated/α-hetero) is 1. The van der Waals surface area contributed by atoms with Crippen molar-refractivity contribution < 1.29 is 23.5 Å². The van der Waals surface area contributed by atoms with E-state index < -0.39 is 29.0 Å². The minimum absolute atomic E-state index is 0.00908. The van der Waals surface area contributed by atoms with Crippen LogP contribution in [0.5, 0.6) is 0 Å². The maximum atomic E-state index is 14.0. The van der Waals surface area contributed by atoms with Crippen LogP contribution in [-0.4, -0.2) is 35.9 Å². The number of nitrogens with zero attached hydrogens (tertiary/aromatic N) is 1. The second-order valence-corrected chi connectivity index (χ2v) is 7.04. The Hall–Kier alpha value is -2.35. The van der Waals surface area contributed by atoms with E-state index in [0.717, 1.165) is 12.3 Å². The zero-order valence-electron chi connectivity index (χ0n) is 14.5. The Balaban J connectivity index is 2.54. The van der Waals surface area contributed by atoms with Crippen molar-refractivity contribution >= 4 is 57.9 Å². The molecule has 0 amide bonds. The van der Waals surface area contributed by atoms with Crippen LogP contribution in [0, 0.1) is 11.6 Å². The van der Waals surface area contributed by atoms with E-state index in [-0.39, 0.29) is 32.0 Å². The molecule has 5 nitrogen and oxygen atoms in total. The molecule has 28 heavy (non-hydrogen) atoms. The maximum Gasteiger partial charge on any atom is 0.341 e. The van der Waals surface area contributed by atoms with Crippen molar-refractivity contribution in [2.24, 2.45) is 0 Å².